The Balaban J connectivity index is 1.90. The number of azide groups is 1. The molecule has 1 saturated heterocycles. The van der Waals surface area contributed by atoms with Crippen molar-refractivity contribution in [2.75, 3.05) is 6.17 Å². The monoisotopic (exact) mass is 303 g/mol. The van der Waals surface area contributed by atoms with Crippen molar-refractivity contribution in [2.45, 2.75) is 44.0 Å². The summed E-state index contributed by atoms with van der Waals surface area (Å²) in [6.07, 6.45) is 4.06. The Morgan fingerprint density at radius 1 is 1.24 bits per heavy atom. The van der Waals surface area contributed by atoms with Gasteiger partial charge in [0.25, 0.3) is 0 Å². The van der Waals surface area contributed by atoms with E-state index in [1.54, 1.807) is 0 Å². The summed E-state index contributed by atoms with van der Waals surface area (Å²) in [5.74, 6) is -0.138. The summed E-state index contributed by atoms with van der Waals surface area (Å²) >= 11 is 0. The second-order valence-electron chi connectivity index (χ2n) is 5.77. The smallest absolute Gasteiger partial charge is 0.303 e. The van der Waals surface area contributed by atoms with Crippen molar-refractivity contribution in [3.8, 4) is 0 Å². The van der Waals surface area contributed by atoms with Gasteiger partial charge in [-0.1, -0.05) is 66.8 Å². The molecule has 0 aromatic heterocycles. The number of carbonyl (C=O) groups excluding carboxylic acids is 1. The van der Waals surface area contributed by atoms with E-state index in [0.717, 1.165) is 30.5 Å². The highest BCUT2D eigenvalue weighted by Crippen LogP contribution is 2.32. The average molecular weight is 303 g/mol. The van der Waals surface area contributed by atoms with E-state index in [1.165, 1.54) is 6.42 Å². The molecule has 1 fully saturated rings. The number of rotatable bonds is 6. The molecule has 1 aliphatic rings. The van der Waals surface area contributed by atoms with Crippen LogP contribution in [0.3, 0.4) is 0 Å². The molecule has 0 amide bonds. The summed E-state index contributed by atoms with van der Waals surface area (Å²) in [5.41, 5.74) is 9.56. The van der Waals surface area contributed by atoms with Crippen LogP contribution in [0.1, 0.15) is 24.8 Å². The molecule has 0 N–H and O–H groups in total. The molecular formula is C15H21N3O2Si. The van der Waals surface area contributed by atoms with Crippen LogP contribution in [0, 0.1) is 0 Å². The highest BCUT2D eigenvalue weighted by molar-refractivity contribution is 6.82. The average Bonchev–Trinajstić information content (AvgIpc) is 2.53. The lowest BCUT2D eigenvalue weighted by Crippen LogP contribution is -2.42. The third kappa shape index (κ3) is 4.92. The van der Waals surface area contributed by atoms with Crippen LogP contribution in [0.5, 0.6) is 0 Å². The van der Waals surface area contributed by atoms with Gasteiger partial charge in [-0.15, -0.1) is 0 Å². The molecule has 6 heteroatoms. The Hall–Kier alpha value is -1.78. The number of hydrogen-bond acceptors (Lipinski definition) is 3. The molecule has 0 saturated carbocycles. The molecule has 0 spiro atoms. The number of nitrogens with zero attached hydrogens (tertiary/aromatic N) is 3. The maximum atomic E-state index is 12.1. The van der Waals surface area contributed by atoms with E-state index in [1.807, 2.05) is 30.3 Å². The minimum absolute atomic E-state index is 0.138. The largest absolute Gasteiger partial charge is 0.461 e. The maximum absolute atomic E-state index is 12.1. The summed E-state index contributed by atoms with van der Waals surface area (Å²) in [5, 5.41) is 3.77. The van der Waals surface area contributed by atoms with Gasteiger partial charge in [0.1, 0.15) is 6.61 Å². The Labute approximate surface area is 125 Å². The molecule has 21 heavy (non-hydrogen) atoms. The topological polar surface area (TPSA) is 75.1 Å². The Morgan fingerprint density at radius 3 is 2.62 bits per heavy atom. The van der Waals surface area contributed by atoms with Gasteiger partial charge in [0, 0.05) is 17.1 Å². The zero-order chi connectivity index (χ0) is 15.0. The van der Waals surface area contributed by atoms with E-state index in [0.29, 0.717) is 18.8 Å². The molecule has 1 aliphatic heterocycles. The van der Waals surface area contributed by atoms with Crippen LogP contribution in [-0.2, 0) is 16.1 Å². The number of esters is 1. The second-order valence-corrected chi connectivity index (χ2v) is 10.4. The second kappa shape index (κ2) is 7.86. The molecule has 2 rings (SSSR count). The Bertz CT molecular complexity index is 509. The number of carbonyl (C=O) groups is 1. The van der Waals surface area contributed by atoms with E-state index >= 15 is 0 Å². The number of benzene rings is 1. The lowest BCUT2D eigenvalue weighted by atomic mass is 10.2. The first-order valence-corrected chi connectivity index (χ1v) is 10.3. The van der Waals surface area contributed by atoms with Crippen molar-refractivity contribution in [1.82, 2.24) is 0 Å². The van der Waals surface area contributed by atoms with Gasteiger partial charge < -0.3 is 4.74 Å². The van der Waals surface area contributed by atoms with Gasteiger partial charge in [0.2, 0.25) is 0 Å². The summed E-state index contributed by atoms with van der Waals surface area (Å²) in [6.45, 7) is 0.325. The SMILES string of the molecule is [N-]=[N+]=NC[Si]1(CC(=O)OCc2ccccc2)CCCCC1. The van der Waals surface area contributed by atoms with E-state index in [2.05, 4.69) is 10.0 Å². The molecule has 1 aromatic carbocycles. The fraction of sp³-hybridized carbons (Fsp3) is 0.533. The summed E-state index contributed by atoms with van der Waals surface area (Å²) in [7, 11) is -1.80. The first-order chi connectivity index (χ1) is 10.2. The van der Waals surface area contributed by atoms with Crippen LogP contribution in [-0.4, -0.2) is 20.2 Å². The standard InChI is InChI=1S/C15H21N3O2Si/c16-18-17-13-21(9-5-2-6-10-21)12-15(19)20-11-14-7-3-1-4-8-14/h1,3-4,7-8H,2,5-6,9-13H2. The third-order valence-corrected chi connectivity index (χ3v) is 8.82. The predicted molar refractivity (Wildman–Crippen MR) is 84.3 cm³/mol. The van der Waals surface area contributed by atoms with Gasteiger partial charge in [-0.05, 0) is 11.1 Å². The van der Waals surface area contributed by atoms with Gasteiger partial charge in [-0.25, -0.2) is 0 Å². The lowest BCUT2D eigenvalue weighted by molar-refractivity contribution is -0.142. The zero-order valence-electron chi connectivity index (χ0n) is 12.2. The van der Waals surface area contributed by atoms with Gasteiger partial charge in [0.05, 0.1) is 8.07 Å². The van der Waals surface area contributed by atoms with Crippen LogP contribution >= 0.6 is 0 Å². The fourth-order valence-corrected chi connectivity index (χ4v) is 7.08. The van der Waals surface area contributed by atoms with E-state index < -0.39 is 8.07 Å². The summed E-state index contributed by atoms with van der Waals surface area (Å²) in [6, 6.07) is 12.3. The maximum Gasteiger partial charge on any atom is 0.303 e. The van der Waals surface area contributed by atoms with Crippen molar-refractivity contribution in [1.29, 1.82) is 0 Å². The normalized spacial score (nSPS) is 16.8. The van der Waals surface area contributed by atoms with Crippen LogP contribution in [0.2, 0.25) is 18.1 Å². The van der Waals surface area contributed by atoms with Gasteiger partial charge in [-0.2, -0.15) is 0 Å². The number of ether oxygens (including phenoxy) is 1. The molecule has 112 valence electrons. The van der Waals surface area contributed by atoms with Crippen molar-refractivity contribution in [3.05, 3.63) is 46.3 Å². The van der Waals surface area contributed by atoms with Gasteiger partial charge >= 0.3 is 5.97 Å². The molecule has 0 bridgehead atoms. The molecule has 1 aromatic rings. The predicted octanol–water partition coefficient (Wildman–Crippen LogP) is 4.21. The highest BCUT2D eigenvalue weighted by atomic mass is 28.3. The molecular weight excluding hydrogens is 282 g/mol. The Kier molecular flexibility index (Phi) is 5.84. The lowest BCUT2D eigenvalue weighted by Gasteiger charge is -2.33. The zero-order valence-corrected chi connectivity index (χ0v) is 13.2. The molecule has 0 radical (unpaired) electrons. The van der Waals surface area contributed by atoms with Crippen LogP contribution in [0.4, 0.5) is 0 Å². The molecule has 0 unspecified atom stereocenters. The van der Waals surface area contributed by atoms with E-state index in [4.69, 9.17) is 10.3 Å². The molecule has 5 nitrogen and oxygen atoms in total. The molecule has 0 aliphatic carbocycles. The minimum atomic E-state index is -1.80. The third-order valence-electron chi connectivity index (χ3n) is 4.15. The van der Waals surface area contributed by atoms with Crippen molar-refractivity contribution < 1.29 is 9.53 Å². The van der Waals surface area contributed by atoms with Crippen molar-refractivity contribution in [2.24, 2.45) is 5.11 Å². The fourth-order valence-electron chi connectivity index (χ4n) is 2.97. The molecule has 0 atom stereocenters. The van der Waals surface area contributed by atoms with Crippen molar-refractivity contribution in [3.63, 3.8) is 0 Å². The van der Waals surface area contributed by atoms with Crippen LogP contribution < -0.4 is 0 Å². The van der Waals surface area contributed by atoms with Gasteiger partial charge in [0.15, 0.2) is 0 Å². The number of hydrogen-bond donors (Lipinski definition) is 0. The summed E-state index contributed by atoms with van der Waals surface area (Å²) in [4.78, 5) is 15.0. The van der Waals surface area contributed by atoms with E-state index in [-0.39, 0.29) is 5.97 Å². The van der Waals surface area contributed by atoms with Crippen molar-refractivity contribution >= 4 is 14.0 Å². The molecule has 1 heterocycles. The minimum Gasteiger partial charge on any atom is -0.461 e. The van der Waals surface area contributed by atoms with Crippen LogP contribution in [0.25, 0.3) is 10.4 Å². The Morgan fingerprint density at radius 2 is 1.95 bits per heavy atom. The quantitative estimate of drug-likeness (QED) is 0.259. The van der Waals surface area contributed by atoms with Crippen LogP contribution in [0.15, 0.2) is 35.4 Å². The summed E-state index contributed by atoms with van der Waals surface area (Å²) < 4.78 is 5.40. The van der Waals surface area contributed by atoms with Gasteiger partial charge in [-0.3, -0.25) is 4.79 Å². The first-order valence-electron chi connectivity index (χ1n) is 7.45. The first kappa shape index (κ1) is 15.6. The van der Waals surface area contributed by atoms with E-state index in [9.17, 15) is 4.79 Å². The highest BCUT2D eigenvalue weighted by Gasteiger charge is 2.36.